The summed E-state index contributed by atoms with van der Waals surface area (Å²) in [5, 5.41) is 0. The smallest absolute Gasteiger partial charge is 0.324 e. The monoisotopic (exact) mass is 381 g/mol. The van der Waals surface area contributed by atoms with E-state index in [1.54, 1.807) is 13.0 Å². The largest absolute Gasteiger partial charge is 1.00 e. The van der Waals surface area contributed by atoms with Crippen LogP contribution in [0.15, 0.2) is 43.0 Å². The Kier molecular flexibility index (Phi) is 7.85. The highest BCUT2D eigenvalue weighted by Crippen LogP contribution is 2.55. The fraction of sp³-hybridized carbons (Fsp3) is 0.500. The summed E-state index contributed by atoms with van der Waals surface area (Å²) >= 11 is 0. The number of benzene rings is 1. The predicted molar refractivity (Wildman–Crippen MR) is 95.5 cm³/mol. The first-order valence-corrected chi connectivity index (χ1v) is 8.68. The number of esters is 2. The van der Waals surface area contributed by atoms with Crippen molar-refractivity contribution in [2.75, 3.05) is 33.9 Å². The summed E-state index contributed by atoms with van der Waals surface area (Å²) in [6.45, 7) is 7.44. The number of likely N-dealkylation sites (N-methyl/N-ethyl adjacent to an activating group) is 1. The van der Waals surface area contributed by atoms with Gasteiger partial charge in [0.25, 0.3) is 0 Å². The topological polar surface area (TPSA) is 52.6 Å². The molecule has 0 radical (unpaired) electrons. The van der Waals surface area contributed by atoms with Crippen molar-refractivity contribution in [1.82, 2.24) is 0 Å². The van der Waals surface area contributed by atoms with Crippen LogP contribution in [0.4, 0.5) is 0 Å². The molecule has 144 valence electrons. The van der Waals surface area contributed by atoms with Gasteiger partial charge < -0.3 is 26.4 Å². The first-order chi connectivity index (χ1) is 11.9. The van der Waals surface area contributed by atoms with Crippen LogP contribution in [0.5, 0.6) is 0 Å². The van der Waals surface area contributed by atoms with Crippen molar-refractivity contribution >= 4 is 11.9 Å². The molecule has 1 saturated carbocycles. The average molecular weight is 382 g/mol. The van der Waals surface area contributed by atoms with Crippen LogP contribution in [0.2, 0.25) is 0 Å². The van der Waals surface area contributed by atoms with E-state index in [-0.39, 0.29) is 31.5 Å². The van der Waals surface area contributed by atoms with Crippen molar-refractivity contribution in [3.05, 3.63) is 48.6 Å². The standard InChI is InChI=1S/C20H28NO4.ClH/c1-5-17-14-20(17,18(22)24-6-2)19(23)25-13-12-21(3,4)15-16-10-8-7-9-11-16;/h5,7-11,17H,1,6,12-15H2,2-4H3;1H/q+1;/p-1. The number of quaternary nitrogens is 1. The fourth-order valence-electron chi connectivity index (χ4n) is 3.06. The number of carbonyl (C=O) groups excluding carboxylic acids is 2. The summed E-state index contributed by atoms with van der Waals surface area (Å²) in [6.07, 6.45) is 2.06. The Morgan fingerprint density at radius 3 is 2.38 bits per heavy atom. The summed E-state index contributed by atoms with van der Waals surface area (Å²) < 4.78 is 11.2. The zero-order chi connectivity index (χ0) is 18.5. The molecule has 0 spiro atoms. The highest BCUT2D eigenvalue weighted by atomic mass is 35.5. The van der Waals surface area contributed by atoms with Crippen molar-refractivity contribution in [2.24, 2.45) is 11.3 Å². The van der Waals surface area contributed by atoms with Crippen molar-refractivity contribution in [3.8, 4) is 0 Å². The first-order valence-electron chi connectivity index (χ1n) is 8.68. The van der Waals surface area contributed by atoms with Gasteiger partial charge in [-0.05, 0) is 13.3 Å². The molecule has 2 rings (SSSR count). The van der Waals surface area contributed by atoms with E-state index in [0.717, 1.165) is 6.54 Å². The van der Waals surface area contributed by atoms with E-state index in [1.165, 1.54) is 5.56 Å². The molecule has 0 heterocycles. The number of halogens is 1. The van der Waals surface area contributed by atoms with E-state index in [4.69, 9.17) is 9.47 Å². The minimum atomic E-state index is -1.17. The molecule has 0 aliphatic heterocycles. The normalized spacial score (nSPS) is 21.3. The number of hydrogen-bond donors (Lipinski definition) is 0. The van der Waals surface area contributed by atoms with Gasteiger partial charge in [0.15, 0.2) is 5.41 Å². The Morgan fingerprint density at radius 2 is 1.85 bits per heavy atom. The van der Waals surface area contributed by atoms with Crippen LogP contribution >= 0.6 is 0 Å². The molecule has 5 nitrogen and oxygen atoms in total. The van der Waals surface area contributed by atoms with Crippen LogP contribution in [-0.4, -0.2) is 50.3 Å². The second-order valence-corrected chi connectivity index (χ2v) is 7.18. The van der Waals surface area contributed by atoms with Gasteiger partial charge in [-0.15, -0.1) is 6.58 Å². The van der Waals surface area contributed by atoms with E-state index in [0.29, 0.717) is 17.4 Å². The molecule has 2 unspecified atom stereocenters. The lowest BCUT2D eigenvalue weighted by Crippen LogP contribution is -3.00. The number of allylic oxidation sites excluding steroid dienone is 1. The maximum Gasteiger partial charge on any atom is 0.324 e. The Labute approximate surface area is 162 Å². The van der Waals surface area contributed by atoms with Gasteiger partial charge >= 0.3 is 11.9 Å². The minimum absolute atomic E-state index is 0. The van der Waals surface area contributed by atoms with E-state index in [1.807, 2.05) is 18.2 Å². The lowest BCUT2D eigenvalue weighted by atomic mass is 10.0. The van der Waals surface area contributed by atoms with Crippen molar-refractivity contribution in [2.45, 2.75) is 19.9 Å². The summed E-state index contributed by atoms with van der Waals surface area (Å²) in [4.78, 5) is 24.6. The average Bonchev–Trinajstić information content (AvgIpc) is 3.31. The van der Waals surface area contributed by atoms with Crippen LogP contribution in [0, 0.1) is 11.3 Å². The van der Waals surface area contributed by atoms with Crippen LogP contribution in [0.1, 0.15) is 18.9 Å². The number of rotatable bonds is 9. The quantitative estimate of drug-likeness (QED) is 0.252. The molecule has 0 amide bonds. The second-order valence-electron chi connectivity index (χ2n) is 7.18. The number of nitrogens with zero attached hydrogens (tertiary/aromatic N) is 1. The first kappa shape index (κ1) is 22.2. The van der Waals surface area contributed by atoms with Crippen LogP contribution < -0.4 is 12.4 Å². The fourth-order valence-corrected chi connectivity index (χ4v) is 3.06. The highest BCUT2D eigenvalue weighted by molar-refractivity contribution is 6.04. The van der Waals surface area contributed by atoms with Crippen molar-refractivity contribution < 1.29 is 36.0 Å². The molecule has 1 aliphatic rings. The SMILES string of the molecule is C=CC1CC1(C(=O)OCC)C(=O)OCC[N+](C)(C)Cc1ccccc1.[Cl-]. The molecule has 0 aromatic heterocycles. The molecule has 1 aromatic carbocycles. The van der Waals surface area contributed by atoms with Crippen LogP contribution in [0.3, 0.4) is 0 Å². The molecule has 0 saturated heterocycles. The summed E-state index contributed by atoms with van der Waals surface area (Å²) in [5.74, 6) is -1.18. The Balaban J connectivity index is 0.00000338. The lowest BCUT2D eigenvalue weighted by Gasteiger charge is -2.29. The number of hydrogen-bond acceptors (Lipinski definition) is 4. The van der Waals surface area contributed by atoms with Gasteiger partial charge in [-0.3, -0.25) is 9.59 Å². The third-order valence-corrected chi connectivity index (χ3v) is 4.69. The molecule has 0 bridgehead atoms. The number of ether oxygens (including phenoxy) is 2. The Hall–Kier alpha value is -1.85. The van der Waals surface area contributed by atoms with Crippen LogP contribution in [-0.2, 0) is 25.6 Å². The summed E-state index contributed by atoms with van der Waals surface area (Å²) in [6, 6.07) is 10.2. The maximum absolute atomic E-state index is 12.5. The summed E-state index contributed by atoms with van der Waals surface area (Å²) in [5.41, 5.74) is 0.0599. The zero-order valence-corrected chi connectivity index (χ0v) is 16.5. The van der Waals surface area contributed by atoms with Crippen LogP contribution in [0.25, 0.3) is 0 Å². The third-order valence-electron chi connectivity index (χ3n) is 4.69. The maximum atomic E-state index is 12.5. The minimum Gasteiger partial charge on any atom is -1.00 e. The van der Waals surface area contributed by atoms with E-state index < -0.39 is 17.4 Å². The summed E-state index contributed by atoms with van der Waals surface area (Å²) in [7, 11) is 4.18. The van der Waals surface area contributed by atoms with Gasteiger partial charge in [0.2, 0.25) is 0 Å². The third kappa shape index (κ3) is 5.08. The molecule has 26 heavy (non-hydrogen) atoms. The van der Waals surface area contributed by atoms with E-state index in [2.05, 4.69) is 32.8 Å². The Morgan fingerprint density at radius 1 is 1.23 bits per heavy atom. The molecule has 6 heteroatoms. The van der Waals surface area contributed by atoms with E-state index >= 15 is 0 Å². The Bertz CT molecular complexity index is 632. The lowest BCUT2D eigenvalue weighted by molar-refractivity contribution is -0.903. The van der Waals surface area contributed by atoms with Crippen molar-refractivity contribution in [1.29, 1.82) is 0 Å². The molecule has 0 N–H and O–H groups in total. The molecule has 1 fully saturated rings. The second kappa shape index (κ2) is 9.19. The van der Waals surface area contributed by atoms with Gasteiger partial charge in [0.05, 0.1) is 20.7 Å². The molecule has 1 aliphatic carbocycles. The van der Waals surface area contributed by atoms with Gasteiger partial charge in [0, 0.05) is 11.5 Å². The van der Waals surface area contributed by atoms with Gasteiger partial charge in [-0.25, -0.2) is 0 Å². The molecule has 2 atom stereocenters. The van der Waals surface area contributed by atoms with Gasteiger partial charge in [0.1, 0.15) is 19.7 Å². The van der Waals surface area contributed by atoms with E-state index in [9.17, 15) is 9.59 Å². The number of carbonyl (C=O) groups is 2. The highest BCUT2D eigenvalue weighted by Gasteiger charge is 2.67. The molecular formula is C20H28ClNO4. The van der Waals surface area contributed by atoms with Gasteiger partial charge in [-0.1, -0.05) is 36.4 Å². The predicted octanol–water partition coefficient (Wildman–Crippen LogP) is -0.434. The van der Waals surface area contributed by atoms with Crippen molar-refractivity contribution in [3.63, 3.8) is 0 Å². The molecular weight excluding hydrogens is 354 g/mol. The van der Waals surface area contributed by atoms with Gasteiger partial charge in [-0.2, -0.15) is 0 Å². The zero-order valence-electron chi connectivity index (χ0n) is 15.7. The molecule has 1 aromatic rings.